The van der Waals surface area contributed by atoms with Gasteiger partial charge in [0.1, 0.15) is 18.2 Å². The largest absolute Gasteiger partial charge is 0.493 e. The molecule has 0 aliphatic carbocycles. The number of nitrogens with one attached hydrogen (secondary N) is 1. The third-order valence-corrected chi connectivity index (χ3v) is 5.18. The van der Waals surface area contributed by atoms with Crippen molar-refractivity contribution in [3.63, 3.8) is 0 Å². The molecule has 1 fully saturated rings. The van der Waals surface area contributed by atoms with Crippen LogP contribution in [0.4, 0.5) is 0 Å². The van der Waals surface area contributed by atoms with E-state index < -0.39 is 5.91 Å². The Labute approximate surface area is 168 Å². The first-order chi connectivity index (χ1) is 13.7. The fourth-order valence-electron chi connectivity index (χ4n) is 2.86. The van der Waals surface area contributed by atoms with E-state index in [9.17, 15) is 10.1 Å². The molecule has 1 aliphatic rings. The van der Waals surface area contributed by atoms with Gasteiger partial charge in [-0.3, -0.25) is 4.79 Å². The van der Waals surface area contributed by atoms with E-state index in [4.69, 9.17) is 14.2 Å². The second kappa shape index (κ2) is 9.93. The second-order valence-corrected chi connectivity index (χ2v) is 7.33. The lowest BCUT2D eigenvalue weighted by Gasteiger charge is -2.11. The van der Waals surface area contributed by atoms with E-state index >= 15 is 0 Å². The van der Waals surface area contributed by atoms with E-state index in [1.54, 1.807) is 36.6 Å². The van der Waals surface area contributed by atoms with Crippen molar-refractivity contribution in [1.82, 2.24) is 5.32 Å². The normalized spacial score (nSPS) is 16.4. The predicted molar refractivity (Wildman–Crippen MR) is 107 cm³/mol. The summed E-state index contributed by atoms with van der Waals surface area (Å²) in [6.07, 6.45) is 3.50. The van der Waals surface area contributed by atoms with Gasteiger partial charge in [0, 0.05) is 18.0 Å². The zero-order chi connectivity index (χ0) is 19.8. The maximum Gasteiger partial charge on any atom is 0.262 e. The monoisotopic (exact) mass is 398 g/mol. The number of amides is 1. The number of hydrogen-bond acceptors (Lipinski definition) is 6. The molecule has 0 spiro atoms. The van der Waals surface area contributed by atoms with Crippen molar-refractivity contribution in [2.24, 2.45) is 0 Å². The topological polar surface area (TPSA) is 80.6 Å². The molecule has 1 amide bonds. The minimum absolute atomic E-state index is 0.0313. The molecule has 1 atom stereocenters. The number of methoxy groups -OCH3 is 1. The highest BCUT2D eigenvalue weighted by Crippen LogP contribution is 2.30. The van der Waals surface area contributed by atoms with Crippen molar-refractivity contribution in [3.8, 4) is 17.6 Å². The van der Waals surface area contributed by atoms with E-state index in [2.05, 4.69) is 5.32 Å². The molecular weight excluding hydrogens is 376 g/mol. The van der Waals surface area contributed by atoms with Crippen LogP contribution in [0.3, 0.4) is 0 Å². The second-order valence-electron chi connectivity index (χ2n) is 6.29. The van der Waals surface area contributed by atoms with Gasteiger partial charge in [-0.2, -0.15) is 5.26 Å². The summed E-state index contributed by atoms with van der Waals surface area (Å²) in [5.41, 5.74) is 0.719. The lowest BCUT2D eigenvalue weighted by Crippen LogP contribution is -2.32. The van der Waals surface area contributed by atoms with Gasteiger partial charge in [0.2, 0.25) is 0 Å². The van der Waals surface area contributed by atoms with Gasteiger partial charge in [0.25, 0.3) is 5.91 Å². The van der Waals surface area contributed by atoms with Crippen LogP contribution in [0.1, 0.15) is 23.3 Å². The standard InChI is InChI=1S/C21H22N2O4S/c1-25-20-11-15(6-7-19(20)27-14-18-5-3-9-28-18)10-16(12-22)21(24)23-13-17-4-2-8-26-17/h3,5-7,9-11,17H,2,4,8,13-14H2,1H3,(H,23,24)/b16-10+/t17-/m0/s1. The highest BCUT2D eigenvalue weighted by molar-refractivity contribution is 7.09. The van der Waals surface area contributed by atoms with Crippen LogP contribution in [0.25, 0.3) is 6.08 Å². The van der Waals surface area contributed by atoms with Gasteiger partial charge in [-0.05, 0) is 48.1 Å². The molecular formula is C21H22N2O4S. The number of ether oxygens (including phenoxy) is 3. The summed E-state index contributed by atoms with van der Waals surface area (Å²) in [6, 6.07) is 11.2. The Bertz CT molecular complexity index is 865. The molecule has 1 N–H and O–H groups in total. The van der Waals surface area contributed by atoms with Crippen LogP contribution in [0, 0.1) is 11.3 Å². The number of thiophene rings is 1. The van der Waals surface area contributed by atoms with Gasteiger partial charge in [-0.25, -0.2) is 0 Å². The summed E-state index contributed by atoms with van der Waals surface area (Å²) in [4.78, 5) is 13.4. The van der Waals surface area contributed by atoms with E-state index in [0.717, 1.165) is 24.3 Å². The summed E-state index contributed by atoms with van der Waals surface area (Å²) in [5, 5.41) is 14.1. The number of nitrogens with zero attached hydrogens (tertiary/aromatic N) is 1. The number of rotatable bonds is 8. The molecule has 1 aromatic heterocycles. The smallest absolute Gasteiger partial charge is 0.262 e. The van der Waals surface area contributed by atoms with E-state index in [1.807, 2.05) is 23.6 Å². The van der Waals surface area contributed by atoms with Crippen LogP contribution < -0.4 is 14.8 Å². The molecule has 0 bridgehead atoms. The molecule has 2 aromatic rings. The first kappa shape index (κ1) is 19.9. The minimum atomic E-state index is -0.407. The average Bonchev–Trinajstić information content (AvgIpc) is 3.43. The quantitative estimate of drug-likeness (QED) is 0.543. The van der Waals surface area contributed by atoms with E-state index in [1.165, 1.54) is 6.08 Å². The van der Waals surface area contributed by atoms with Crippen molar-refractivity contribution in [1.29, 1.82) is 5.26 Å². The van der Waals surface area contributed by atoms with Gasteiger partial charge < -0.3 is 19.5 Å². The number of nitriles is 1. The van der Waals surface area contributed by atoms with Crippen LogP contribution in [0.2, 0.25) is 0 Å². The Hall–Kier alpha value is -2.82. The number of carbonyl (C=O) groups excluding carboxylic acids is 1. The third-order valence-electron chi connectivity index (χ3n) is 4.33. The lowest BCUT2D eigenvalue weighted by atomic mass is 10.1. The van der Waals surface area contributed by atoms with Gasteiger partial charge in [-0.1, -0.05) is 12.1 Å². The Morgan fingerprint density at radius 1 is 1.43 bits per heavy atom. The van der Waals surface area contributed by atoms with Gasteiger partial charge in [0.15, 0.2) is 11.5 Å². The van der Waals surface area contributed by atoms with E-state index in [0.29, 0.717) is 30.2 Å². The predicted octanol–water partition coefficient (Wildman–Crippen LogP) is 3.54. The number of carbonyl (C=O) groups is 1. The van der Waals surface area contributed by atoms with Crippen molar-refractivity contribution in [2.75, 3.05) is 20.3 Å². The Kier molecular flexibility index (Phi) is 7.06. The molecule has 7 heteroatoms. The fourth-order valence-corrected chi connectivity index (χ4v) is 3.48. The maximum atomic E-state index is 12.3. The fraction of sp³-hybridized carbons (Fsp3) is 0.333. The van der Waals surface area contributed by atoms with Crippen molar-refractivity contribution in [3.05, 3.63) is 51.7 Å². The maximum absolute atomic E-state index is 12.3. The van der Waals surface area contributed by atoms with Crippen molar-refractivity contribution < 1.29 is 19.0 Å². The van der Waals surface area contributed by atoms with Gasteiger partial charge in [0.05, 0.1) is 13.2 Å². The highest BCUT2D eigenvalue weighted by atomic mass is 32.1. The highest BCUT2D eigenvalue weighted by Gasteiger charge is 2.17. The number of hydrogen-bond donors (Lipinski definition) is 1. The molecule has 0 radical (unpaired) electrons. The molecule has 0 saturated carbocycles. The Morgan fingerprint density at radius 3 is 3.00 bits per heavy atom. The lowest BCUT2D eigenvalue weighted by molar-refractivity contribution is -0.117. The molecule has 3 rings (SSSR count). The van der Waals surface area contributed by atoms with E-state index in [-0.39, 0.29) is 11.7 Å². The van der Waals surface area contributed by atoms with Crippen molar-refractivity contribution in [2.45, 2.75) is 25.6 Å². The van der Waals surface area contributed by atoms with Crippen LogP contribution in [0.5, 0.6) is 11.5 Å². The SMILES string of the molecule is COc1cc(/C=C(\C#N)C(=O)NC[C@@H]2CCCO2)ccc1OCc1cccs1. The summed E-state index contributed by atoms with van der Waals surface area (Å²) >= 11 is 1.62. The molecule has 28 heavy (non-hydrogen) atoms. The third kappa shape index (κ3) is 5.35. The first-order valence-corrected chi connectivity index (χ1v) is 9.92. The zero-order valence-corrected chi connectivity index (χ0v) is 16.5. The summed E-state index contributed by atoms with van der Waals surface area (Å²) in [7, 11) is 1.56. The molecule has 146 valence electrons. The van der Waals surface area contributed by atoms with Crippen LogP contribution in [-0.2, 0) is 16.1 Å². The van der Waals surface area contributed by atoms with Crippen molar-refractivity contribution >= 4 is 23.3 Å². The van der Waals surface area contributed by atoms with Gasteiger partial charge >= 0.3 is 0 Å². The molecule has 1 aromatic carbocycles. The molecule has 2 heterocycles. The first-order valence-electron chi connectivity index (χ1n) is 9.04. The zero-order valence-electron chi connectivity index (χ0n) is 15.6. The van der Waals surface area contributed by atoms with Gasteiger partial charge in [-0.15, -0.1) is 11.3 Å². The summed E-state index contributed by atoms with van der Waals surface area (Å²) in [5.74, 6) is 0.742. The average molecular weight is 398 g/mol. The van der Waals surface area contributed by atoms with Crippen LogP contribution >= 0.6 is 11.3 Å². The molecule has 1 aliphatic heterocycles. The Balaban J connectivity index is 1.66. The minimum Gasteiger partial charge on any atom is -0.493 e. The molecule has 1 saturated heterocycles. The molecule has 0 unspecified atom stereocenters. The Morgan fingerprint density at radius 2 is 2.32 bits per heavy atom. The summed E-state index contributed by atoms with van der Waals surface area (Å²) in [6.45, 7) is 1.59. The number of benzene rings is 1. The molecule has 6 nitrogen and oxygen atoms in total. The van der Waals surface area contributed by atoms with Crippen LogP contribution in [0.15, 0.2) is 41.3 Å². The summed E-state index contributed by atoms with van der Waals surface area (Å²) < 4.78 is 16.7. The van der Waals surface area contributed by atoms with Crippen LogP contribution in [-0.4, -0.2) is 32.3 Å².